The van der Waals surface area contributed by atoms with Crippen molar-refractivity contribution in [2.24, 2.45) is 0 Å². The number of fused-ring (bicyclic) bond motifs is 1. The van der Waals surface area contributed by atoms with Gasteiger partial charge in [0.15, 0.2) is 11.6 Å². The normalized spacial score (nSPS) is 10.9. The van der Waals surface area contributed by atoms with Crippen LogP contribution in [0.2, 0.25) is 0 Å². The third-order valence-electron chi connectivity index (χ3n) is 4.68. The minimum absolute atomic E-state index is 0.0210. The molecule has 31 heavy (non-hydrogen) atoms. The highest BCUT2D eigenvalue weighted by Gasteiger charge is 2.11. The average molecular weight is 416 g/mol. The topological polar surface area (TPSA) is 89.3 Å². The number of anilines is 1. The van der Waals surface area contributed by atoms with Crippen LogP contribution in [0.4, 0.5) is 5.82 Å². The summed E-state index contributed by atoms with van der Waals surface area (Å²) in [5.41, 5.74) is 2.98. The van der Waals surface area contributed by atoms with Gasteiger partial charge in [0.25, 0.3) is 0 Å². The van der Waals surface area contributed by atoms with Crippen LogP contribution < -0.4 is 10.6 Å². The van der Waals surface area contributed by atoms with Gasteiger partial charge in [0.1, 0.15) is 12.4 Å². The summed E-state index contributed by atoms with van der Waals surface area (Å²) in [6.07, 6.45) is 1.60. The Morgan fingerprint density at radius 2 is 1.90 bits per heavy atom. The number of rotatable bonds is 9. The molecule has 0 fully saturated rings. The van der Waals surface area contributed by atoms with Gasteiger partial charge in [0, 0.05) is 18.5 Å². The Bertz CT molecular complexity index is 1140. The Hall–Kier alpha value is -3.71. The molecule has 2 heterocycles. The fraction of sp³-hybridized carbons (Fsp3) is 0.208. The number of nitrogens with zero attached hydrogens (tertiary/aromatic N) is 2. The monoisotopic (exact) mass is 416 g/mol. The van der Waals surface area contributed by atoms with Crippen LogP contribution in [-0.4, -0.2) is 35.6 Å². The zero-order chi connectivity index (χ0) is 21.5. The average Bonchev–Trinajstić information content (AvgIpc) is 3.32. The summed E-state index contributed by atoms with van der Waals surface area (Å²) in [5, 5.41) is 7.08. The second kappa shape index (κ2) is 9.86. The smallest absolute Gasteiger partial charge is 0.246 e. The van der Waals surface area contributed by atoms with E-state index in [9.17, 15) is 4.79 Å². The predicted octanol–water partition coefficient (Wildman–Crippen LogP) is 3.94. The molecular weight excluding hydrogens is 392 g/mol. The summed E-state index contributed by atoms with van der Waals surface area (Å²) in [7, 11) is 0. The molecule has 0 saturated heterocycles. The van der Waals surface area contributed by atoms with Crippen molar-refractivity contribution >= 4 is 22.6 Å². The van der Waals surface area contributed by atoms with E-state index in [0.29, 0.717) is 37.1 Å². The molecule has 0 radical (unpaired) electrons. The van der Waals surface area contributed by atoms with Crippen LogP contribution in [0.25, 0.3) is 22.5 Å². The Labute approximate surface area is 180 Å². The maximum Gasteiger partial charge on any atom is 0.246 e. The molecule has 0 unspecified atom stereocenters. The molecule has 4 aromatic rings. The fourth-order valence-electron chi connectivity index (χ4n) is 3.16. The largest absolute Gasteiger partial charge is 0.461 e. The van der Waals surface area contributed by atoms with E-state index < -0.39 is 0 Å². The van der Waals surface area contributed by atoms with Gasteiger partial charge in [-0.1, -0.05) is 42.0 Å². The Morgan fingerprint density at radius 3 is 2.71 bits per heavy atom. The number of ether oxygens (including phenoxy) is 1. The number of hydrogen-bond donors (Lipinski definition) is 2. The van der Waals surface area contributed by atoms with Gasteiger partial charge < -0.3 is 19.8 Å². The molecule has 2 aromatic heterocycles. The van der Waals surface area contributed by atoms with Gasteiger partial charge in [-0.2, -0.15) is 0 Å². The first-order valence-electron chi connectivity index (χ1n) is 10.1. The number of nitrogens with one attached hydrogen (secondary N) is 2. The lowest BCUT2D eigenvalue weighted by molar-refractivity contribution is -0.126. The molecule has 1 amide bonds. The summed E-state index contributed by atoms with van der Waals surface area (Å²) < 4.78 is 10.9. The summed E-state index contributed by atoms with van der Waals surface area (Å²) in [4.78, 5) is 21.2. The van der Waals surface area contributed by atoms with Crippen LogP contribution >= 0.6 is 0 Å². The molecule has 2 N–H and O–H groups in total. The van der Waals surface area contributed by atoms with E-state index in [4.69, 9.17) is 9.15 Å². The quantitative estimate of drug-likeness (QED) is 0.402. The molecule has 158 valence electrons. The lowest BCUT2D eigenvalue weighted by Gasteiger charge is -2.11. The van der Waals surface area contributed by atoms with E-state index in [2.05, 4.69) is 20.6 Å². The number of furan rings is 1. The minimum Gasteiger partial charge on any atom is -0.461 e. The molecule has 0 aliphatic carbocycles. The molecule has 0 spiro atoms. The van der Waals surface area contributed by atoms with Crippen LogP contribution in [0.15, 0.2) is 71.3 Å². The van der Waals surface area contributed by atoms with Crippen molar-refractivity contribution in [1.29, 1.82) is 0 Å². The van der Waals surface area contributed by atoms with Crippen LogP contribution in [-0.2, 0) is 16.1 Å². The lowest BCUT2D eigenvalue weighted by atomic mass is 10.1. The van der Waals surface area contributed by atoms with Gasteiger partial charge in [-0.3, -0.25) is 4.79 Å². The molecule has 4 rings (SSSR count). The highest BCUT2D eigenvalue weighted by Crippen LogP contribution is 2.26. The van der Waals surface area contributed by atoms with Crippen LogP contribution in [0.1, 0.15) is 11.1 Å². The van der Waals surface area contributed by atoms with Crippen molar-refractivity contribution < 1.29 is 13.9 Å². The van der Waals surface area contributed by atoms with Gasteiger partial charge in [0.2, 0.25) is 5.91 Å². The zero-order valence-corrected chi connectivity index (χ0v) is 17.3. The molecule has 0 aliphatic heterocycles. The third kappa shape index (κ3) is 5.46. The summed E-state index contributed by atoms with van der Waals surface area (Å²) in [6, 6.07) is 19.4. The number of aryl methyl sites for hydroxylation is 1. The van der Waals surface area contributed by atoms with Crippen molar-refractivity contribution in [3.05, 3.63) is 78.1 Å². The minimum atomic E-state index is -0.155. The molecular formula is C24H24N4O3. The highest BCUT2D eigenvalue weighted by atomic mass is 16.5. The maximum absolute atomic E-state index is 12.0. The van der Waals surface area contributed by atoms with Gasteiger partial charge in [-0.25, -0.2) is 9.97 Å². The number of amides is 1. The number of carbonyl (C=O) groups excluding carboxylic acids is 1. The SMILES string of the molecule is Cc1ccc2nc(-c3ccco3)nc(NCCNC(=O)COCc3ccccc3)c2c1. The van der Waals surface area contributed by atoms with Gasteiger partial charge >= 0.3 is 0 Å². The van der Waals surface area contributed by atoms with Crippen molar-refractivity contribution in [2.45, 2.75) is 13.5 Å². The molecule has 0 atom stereocenters. The van der Waals surface area contributed by atoms with Gasteiger partial charge in [-0.15, -0.1) is 0 Å². The first-order chi connectivity index (χ1) is 15.2. The van der Waals surface area contributed by atoms with Gasteiger partial charge in [-0.05, 0) is 36.8 Å². The number of benzene rings is 2. The summed E-state index contributed by atoms with van der Waals surface area (Å²) in [5.74, 6) is 1.67. The highest BCUT2D eigenvalue weighted by molar-refractivity contribution is 5.91. The molecule has 0 saturated carbocycles. The van der Waals surface area contributed by atoms with Crippen molar-refractivity contribution in [2.75, 3.05) is 25.0 Å². The number of carbonyl (C=O) groups is 1. The molecule has 7 heteroatoms. The van der Waals surface area contributed by atoms with Crippen molar-refractivity contribution in [1.82, 2.24) is 15.3 Å². The molecule has 2 aromatic carbocycles. The van der Waals surface area contributed by atoms with E-state index in [1.54, 1.807) is 12.3 Å². The molecule has 7 nitrogen and oxygen atoms in total. The van der Waals surface area contributed by atoms with E-state index in [-0.39, 0.29) is 12.5 Å². The number of aromatic nitrogens is 2. The predicted molar refractivity (Wildman–Crippen MR) is 120 cm³/mol. The van der Waals surface area contributed by atoms with Gasteiger partial charge in [0.05, 0.1) is 18.4 Å². The van der Waals surface area contributed by atoms with Crippen LogP contribution in [0.3, 0.4) is 0 Å². The standard InChI is InChI=1S/C24H24N4O3/c1-17-9-10-20-19(14-17)23(28-24(27-20)21-8-5-13-31-21)26-12-11-25-22(29)16-30-15-18-6-3-2-4-7-18/h2-10,13-14H,11-12,15-16H2,1H3,(H,25,29)(H,26,27,28). The van der Waals surface area contributed by atoms with E-state index in [0.717, 1.165) is 22.0 Å². The first-order valence-corrected chi connectivity index (χ1v) is 10.1. The van der Waals surface area contributed by atoms with Crippen LogP contribution in [0.5, 0.6) is 0 Å². The first kappa shape index (κ1) is 20.6. The molecule has 0 aliphatic rings. The summed E-state index contributed by atoms with van der Waals surface area (Å²) >= 11 is 0. The van der Waals surface area contributed by atoms with Crippen LogP contribution in [0, 0.1) is 6.92 Å². The second-order valence-corrected chi connectivity index (χ2v) is 7.15. The lowest BCUT2D eigenvalue weighted by Crippen LogP contribution is -2.31. The fourth-order valence-corrected chi connectivity index (χ4v) is 3.16. The van der Waals surface area contributed by atoms with Crippen molar-refractivity contribution in [3.63, 3.8) is 0 Å². The van der Waals surface area contributed by atoms with E-state index in [1.807, 2.05) is 61.5 Å². The zero-order valence-electron chi connectivity index (χ0n) is 17.3. The number of hydrogen-bond acceptors (Lipinski definition) is 6. The third-order valence-corrected chi connectivity index (χ3v) is 4.68. The maximum atomic E-state index is 12.0. The Morgan fingerprint density at radius 1 is 1.03 bits per heavy atom. The molecule has 0 bridgehead atoms. The van der Waals surface area contributed by atoms with E-state index in [1.165, 1.54) is 0 Å². The van der Waals surface area contributed by atoms with E-state index >= 15 is 0 Å². The summed E-state index contributed by atoms with van der Waals surface area (Å²) in [6.45, 7) is 3.42. The van der Waals surface area contributed by atoms with Crippen molar-refractivity contribution in [3.8, 4) is 11.6 Å². The Balaban J connectivity index is 1.33. The second-order valence-electron chi connectivity index (χ2n) is 7.15. The Kier molecular flexibility index (Phi) is 6.54.